The van der Waals surface area contributed by atoms with Gasteiger partial charge in [-0.25, -0.2) is 0 Å². The van der Waals surface area contributed by atoms with E-state index in [0.717, 1.165) is 19.7 Å². The third-order valence-corrected chi connectivity index (χ3v) is 3.18. The molecule has 1 atom stereocenters. The zero-order chi connectivity index (χ0) is 10.7. The maximum absolute atomic E-state index is 5.56. The zero-order valence-corrected chi connectivity index (χ0v) is 9.62. The fourth-order valence-electron chi connectivity index (χ4n) is 2.01. The average Bonchev–Trinajstić information content (AvgIpc) is 2.83. The maximum Gasteiger partial charge on any atom is 0.0700 e. The second kappa shape index (κ2) is 4.81. The lowest BCUT2D eigenvalue weighted by atomic mass is 10.2. The molecule has 1 aromatic heterocycles. The van der Waals surface area contributed by atoms with Crippen molar-refractivity contribution in [2.45, 2.75) is 32.4 Å². The van der Waals surface area contributed by atoms with E-state index in [4.69, 9.17) is 4.74 Å². The largest absolute Gasteiger partial charge is 0.377 e. The molecule has 0 radical (unpaired) electrons. The molecule has 0 aromatic carbocycles. The molecule has 0 amide bonds. The van der Waals surface area contributed by atoms with Crippen LogP contribution in [0, 0.1) is 6.92 Å². The summed E-state index contributed by atoms with van der Waals surface area (Å²) in [6, 6.07) is 4.33. The van der Waals surface area contributed by atoms with Gasteiger partial charge in [0.2, 0.25) is 0 Å². The second-order valence-electron chi connectivity index (χ2n) is 4.29. The molecule has 1 fully saturated rings. The SMILES string of the molecule is Cc1ccc(CNC[C@H]2CCCO2)n1C. The Hall–Kier alpha value is -0.800. The van der Waals surface area contributed by atoms with Crippen LogP contribution in [0.15, 0.2) is 12.1 Å². The van der Waals surface area contributed by atoms with Gasteiger partial charge in [0.1, 0.15) is 0 Å². The number of nitrogens with zero attached hydrogens (tertiary/aromatic N) is 1. The normalized spacial score (nSPS) is 21.1. The topological polar surface area (TPSA) is 26.2 Å². The minimum Gasteiger partial charge on any atom is -0.377 e. The molecule has 3 nitrogen and oxygen atoms in total. The van der Waals surface area contributed by atoms with Crippen LogP contribution < -0.4 is 5.32 Å². The quantitative estimate of drug-likeness (QED) is 0.813. The Morgan fingerprint density at radius 2 is 2.40 bits per heavy atom. The van der Waals surface area contributed by atoms with E-state index in [0.29, 0.717) is 6.10 Å². The summed E-state index contributed by atoms with van der Waals surface area (Å²) in [4.78, 5) is 0. The number of ether oxygens (including phenoxy) is 1. The van der Waals surface area contributed by atoms with Crippen molar-refractivity contribution in [1.82, 2.24) is 9.88 Å². The van der Waals surface area contributed by atoms with Crippen molar-refractivity contribution >= 4 is 0 Å². The molecule has 1 aromatic rings. The molecule has 0 unspecified atom stereocenters. The summed E-state index contributed by atoms with van der Waals surface area (Å²) in [6.07, 6.45) is 2.86. The van der Waals surface area contributed by atoms with Crippen LogP contribution in [0.4, 0.5) is 0 Å². The predicted molar refractivity (Wildman–Crippen MR) is 60.8 cm³/mol. The van der Waals surface area contributed by atoms with Crippen LogP contribution in [0.3, 0.4) is 0 Å². The Labute approximate surface area is 91.4 Å². The molecule has 1 aliphatic rings. The number of hydrogen-bond acceptors (Lipinski definition) is 2. The Bertz CT molecular complexity index is 313. The summed E-state index contributed by atoms with van der Waals surface area (Å²) in [6.45, 7) is 4.98. The number of rotatable bonds is 4. The first kappa shape index (κ1) is 10.7. The lowest BCUT2D eigenvalue weighted by Crippen LogP contribution is -2.26. The minimum absolute atomic E-state index is 0.436. The van der Waals surface area contributed by atoms with Crippen LogP contribution in [-0.4, -0.2) is 23.8 Å². The van der Waals surface area contributed by atoms with E-state index in [1.165, 1.54) is 24.2 Å². The third-order valence-electron chi connectivity index (χ3n) is 3.18. The Kier molecular flexibility index (Phi) is 3.44. The summed E-state index contributed by atoms with van der Waals surface area (Å²) in [7, 11) is 2.11. The fourth-order valence-corrected chi connectivity index (χ4v) is 2.01. The van der Waals surface area contributed by atoms with Crippen molar-refractivity contribution in [2.24, 2.45) is 7.05 Å². The van der Waals surface area contributed by atoms with E-state index in [-0.39, 0.29) is 0 Å². The Morgan fingerprint density at radius 1 is 1.53 bits per heavy atom. The molecule has 1 N–H and O–H groups in total. The van der Waals surface area contributed by atoms with Crippen LogP contribution in [-0.2, 0) is 18.3 Å². The molecule has 15 heavy (non-hydrogen) atoms. The fraction of sp³-hybridized carbons (Fsp3) is 0.667. The van der Waals surface area contributed by atoms with Gasteiger partial charge in [-0.1, -0.05) is 0 Å². The van der Waals surface area contributed by atoms with Crippen molar-refractivity contribution < 1.29 is 4.74 Å². The van der Waals surface area contributed by atoms with Crippen LogP contribution in [0.1, 0.15) is 24.2 Å². The van der Waals surface area contributed by atoms with Gasteiger partial charge in [0, 0.05) is 38.1 Å². The molecule has 0 aliphatic carbocycles. The highest BCUT2D eigenvalue weighted by Crippen LogP contribution is 2.11. The lowest BCUT2D eigenvalue weighted by Gasteiger charge is -2.11. The number of aryl methyl sites for hydroxylation is 1. The van der Waals surface area contributed by atoms with Crippen molar-refractivity contribution in [3.05, 3.63) is 23.5 Å². The van der Waals surface area contributed by atoms with Crippen LogP contribution >= 0.6 is 0 Å². The average molecular weight is 208 g/mol. The van der Waals surface area contributed by atoms with E-state index in [1.54, 1.807) is 0 Å². The molecule has 3 heteroatoms. The van der Waals surface area contributed by atoms with Crippen molar-refractivity contribution in [2.75, 3.05) is 13.2 Å². The monoisotopic (exact) mass is 208 g/mol. The summed E-state index contributed by atoms with van der Waals surface area (Å²) in [5.74, 6) is 0. The van der Waals surface area contributed by atoms with Gasteiger partial charge >= 0.3 is 0 Å². The molecular weight excluding hydrogens is 188 g/mol. The molecule has 0 bridgehead atoms. The number of nitrogens with one attached hydrogen (secondary N) is 1. The standard InChI is InChI=1S/C12H20N2O/c1-10-5-6-11(14(10)2)8-13-9-12-4-3-7-15-12/h5-6,12-13H,3-4,7-9H2,1-2H3/t12-/m1/s1. The van der Waals surface area contributed by atoms with Gasteiger partial charge in [-0.15, -0.1) is 0 Å². The number of aromatic nitrogens is 1. The maximum atomic E-state index is 5.56. The van der Waals surface area contributed by atoms with Gasteiger partial charge in [-0.3, -0.25) is 0 Å². The van der Waals surface area contributed by atoms with Gasteiger partial charge in [0.25, 0.3) is 0 Å². The highest BCUT2D eigenvalue weighted by Gasteiger charge is 2.14. The highest BCUT2D eigenvalue weighted by molar-refractivity contribution is 5.14. The van der Waals surface area contributed by atoms with Crippen molar-refractivity contribution in [1.29, 1.82) is 0 Å². The van der Waals surface area contributed by atoms with Gasteiger partial charge in [-0.05, 0) is 31.9 Å². The molecule has 0 saturated carbocycles. The first-order valence-electron chi connectivity index (χ1n) is 5.71. The minimum atomic E-state index is 0.436. The third kappa shape index (κ3) is 2.61. The molecular formula is C12H20N2O. The van der Waals surface area contributed by atoms with Crippen LogP contribution in [0.25, 0.3) is 0 Å². The lowest BCUT2D eigenvalue weighted by molar-refractivity contribution is 0.110. The smallest absolute Gasteiger partial charge is 0.0700 e. The number of hydrogen-bond donors (Lipinski definition) is 1. The van der Waals surface area contributed by atoms with Gasteiger partial charge in [0.15, 0.2) is 0 Å². The van der Waals surface area contributed by atoms with Gasteiger partial charge in [-0.2, -0.15) is 0 Å². The Morgan fingerprint density at radius 3 is 3.00 bits per heavy atom. The summed E-state index contributed by atoms with van der Waals surface area (Å²) < 4.78 is 7.78. The van der Waals surface area contributed by atoms with Crippen LogP contribution in [0.5, 0.6) is 0 Å². The summed E-state index contributed by atoms with van der Waals surface area (Å²) in [5.41, 5.74) is 2.65. The van der Waals surface area contributed by atoms with Crippen LogP contribution in [0.2, 0.25) is 0 Å². The van der Waals surface area contributed by atoms with Crippen molar-refractivity contribution in [3.8, 4) is 0 Å². The first-order valence-corrected chi connectivity index (χ1v) is 5.71. The molecule has 1 saturated heterocycles. The first-order chi connectivity index (χ1) is 7.27. The van der Waals surface area contributed by atoms with Gasteiger partial charge in [0.05, 0.1) is 6.10 Å². The van der Waals surface area contributed by atoms with E-state index in [9.17, 15) is 0 Å². The van der Waals surface area contributed by atoms with E-state index >= 15 is 0 Å². The molecule has 2 heterocycles. The molecule has 1 aliphatic heterocycles. The molecule has 2 rings (SSSR count). The predicted octanol–water partition coefficient (Wildman–Crippen LogP) is 1.60. The highest BCUT2D eigenvalue weighted by atomic mass is 16.5. The van der Waals surface area contributed by atoms with E-state index in [2.05, 4.69) is 36.0 Å². The summed E-state index contributed by atoms with van der Waals surface area (Å²) >= 11 is 0. The Balaban J connectivity index is 1.75. The summed E-state index contributed by atoms with van der Waals surface area (Å²) in [5, 5.41) is 3.45. The van der Waals surface area contributed by atoms with E-state index < -0.39 is 0 Å². The molecule has 84 valence electrons. The molecule has 0 spiro atoms. The van der Waals surface area contributed by atoms with E-state index in [1.807, 2.05) is 0 Å². The van der Waals surface area contributed by atoms with Crippen molar-refractivity contribution in [3.63, 3.8) is 0 Å². The van der Waals surface area contributed by atoms with Gasteiger partial charge < -0.3 is 14.6 Å². The zero-order valence-electron chi connectivity index (χ0n) is 9.62. The second-order valence-corrected chi connectivity index (χ2v) is 4.29.